The Balaban J connectivity index is 1.86. The summed E-state index contributed by atoms with van der Waals surface area (Å²) in [6.45, 7) is 4.57. The molecule has 0 unspecified atom stereocenters. The fourth-order valence-electron chi connectivity index (χ4n) is 3.43. The number of nitrogens with one attached hydrogen (secondary N) is 1. The Hall–Kier alpha value is -3.00. The Bertz CT molecular complexity index is 1120. The number of para-hydroxylation sites is 1. The maximum absolute atomic E-state index is 13.0. The standard InChI is InChI=1S/C22H24N4O3S/c1-4-12-30-22-24-21(27)19-15-8-6-7-9-16(15)23-20(26(19)25-22)14-10-11-17(29-5-2)18(13-14)28-3/h6-11,13,20H,4-5,12H2,1-3H3,(H,24,25,27)/t20-/m1/s1. The Kier molecular flexibility index (Phi) is 5.94. The monoisotopic (exact) mass is 424 g/mol. The van der Waals surface area contributed by atoms with Crippen LogP contribution < -0.4 is 25.4 Å². The summed E-state index contributed by atoms with van der Waals surface area (Å²) in [5, 5.41) is 11.5. The fourth-order valence-corrected chi connectivity index (χ4v) is 4.14. The molecule has 1 atom stereocenters. The van der Waals surface area contributed by atoms with Gasteiger partial charge in [0.25, 0.3) is 5.91 Å². The van der Waals surface area contributed by atoms with Crippen molar-refractivity contribution in [3.05, 3.63) is 58.6 Å². The van der Waals surface area contributed by atoms with Crippen LogP contribution in [0.5, 0.6) is 11.5 Å². The molecule has 0 saturated heterocycles. The number of rotatable bonds is 6. The van der Waals surface area contributed by atoms with Gasteiger partial charge in [-0.15, -0.1) is 5.10 Å². The molecule has 0 radical (unpaired) electrons. The molecular weight excluding hydrogens is 400 g/mol. The third kappa shape index (κ3) is 3.75. The number of ether oxygens (including phenoxy) is 2. The lowest BCUT2D eigenvalue weighted by Crippen LogP contribution is -2.50. The molecular formula is C22H24N4O3S. The normalized spacial score (nSPS) is 17.4. The number of hydrogen-bond acceptors (Lipinski definition) is 7. The molecule has 2 aliphatic heterocycles. The van der Waals surface area contributed by atoms with E-state index in [1.54, 1.807) is 12.1 Å². The van der Waals surface area contributed by atoms with Crippen LogP contribution in [-0.4, -0.2) is 35.6 Å². The zero-order valence-corrected chi connectivity index (χ0v) is 18.0. The van der Waals surface area contributed by atoms with Gasteiger partial charge in [-0.2, -0.15) is 0 Å². The first-order chi connectivity index (χ1) is 14.7. The molecule has 0 bridgehead atoms. The molecule has 4 rings (SSSR count). The first-order valence-electron chi connectivity index (χ1n) is 9.96. The molecule has 2 heterocycles. The van der Waals surface area contributed by atoms with Crippen molar-refractivity contribution in [3.8, 4) is 11.5 Å². The van der Waals surface area contributed by atoms with Crippen LogP contribution in [0.3, 0.4) is 0 Å². The molecule has 30 heavy (non-hydrogen) atoms. The predicted molar refractivity (Wildman–Crippen MR) is 118 cm³/mol. The summed E-state index contributed by atoms with van der Waals surface area (Å²) >= 11 is 1.53. The summed E-state index contributed by atoms with van der Waals surface area (Å²) in [5.74, 6) is 1.99. The molecule has 1 N–H and O–H groups in total. The summed E-state index contributed by atoms with van der Waals surface area (Å²) in [6, 6.07) is 13.3. The molecule has 156 valence electrons. The lowest BCUT2D eigenvalue weighted by Gasteiger charge is -2.34. The van der Waals surface area contributed by atoms with Crippen molar-refractivity contribution in [1.29, 1.82) is 0 Å². The molecule has 8 heteroatoms. The highest BCUT2D eigenvalue weighted by Crippen LogP contribution is 2.36. The van der Waals surface area contributed by atoms with Crippen molar-refractivity contribution in [2.45, 2.75) is 26.4 Å². The van der Waals surface area contributed by atoms with E-state index < -0.39 is 6.17 Å². The van der Waals surface area contributed by atoms with E-state index in [0.717, 1.165) is 28.3 Å². The van der Waals surface area contributed by atoms with Crippen LogP contribution in [-0.2, 0) is 4.79 Å². The number of amides is 1. The van der Waals surface area contributed by atoms with Gasteiger partial charge in [0.05, 0.1) is 19.1 Å². The highest BCUT2D eigenvalue weighted by molar-refractivity contribution is 8.13. The largest absolute Gasteiger partial charge is 0.493 e. The van der Waals surface area contributed by atoms with E-state index in [1.165, 1.54) is 11.8 Å². The Morgan fingerprint density at radius 1 is 1.17 bits per heavy atom. The second-order valence-electron chi connectivity index (χ2n) is 6.76. The fraction of sp³-hybridized carbons (Fsp3) is 0.318. The number of hydrogen-bond donors (Lipinski definition) is 1. The van der Waals surface area contributed by atoms with Gasteiger partial charge in [0.2, 0.25) is 0 Å². The van der Waals surface area contributed by atoms with Gasteiger partial charge in [-0.25, -0.2) is 5.01 Å². The highest BCUT2D eigenvalue weighted by Gasteiger charge is 2.34. The number of thioether (sulfide) groups is 1. The molecule has 1 amide bonds. The van der Waals surface area contributed by atoms with Crippen molar-refractivity contribution in [2.24, 2.45) is 10.1 Å². The summed E-state index contributed by atoms with van der Waals surface area (Å²) in [5.41, 5.74) is 1.36. The van der Waals surface area contributed by atoms with E-state index in [2.05, 4.69) is 12.2 Å². The predicted octanol–water partition coefficient (Wildman–Crippen LogP) is 2.38. The van der Waals surface area contributed by atoms with Gasteiger partial charge in [-0.05, 0) is 31.5 Å². The van der Waals surface area contributed by atoms with Gasteiger partial charge in [-0.1, -0.05) is 43.0 Å². The summed E-state index contributed by atoms with van der Waals surface area (Å²) < 4.78 is 11.2. The molecule has 7 nitrogen and oxygen atoms in total. The number of hydrazone groups is 1. The van der Waals surface area contributed by atoms with E-state index in [-0.39, 0.29) is 5.91 Å². The van der Waals surface area contributed by atoms with Crippen molar-refractivity contribution in [2.75, 3.05) is 19.5 Å². The molecule has 0 fully saturated rings. The first kappa shape index (κ1) is 20.3. The smallest absolute Gasteiger partial charge is 0.276 e. The minimum atomic E-state index is -0.484. The van der Waals surface area contributed by atoms with E-state index >= 15 is 0 Å². The molecule has 2 aliphatic rings. The van der Waals surface area contributed by atoms with Gasteiger partial charge < -0.3 is 9.47 Å². The average Bonchev–Trinajstić information content (AvgIpc) is 2.77. The van der Waals surface area contributed by atoms with Crippen LogP contribution in [0.2, 0.25) is 0 Å². The Morgan fingerprint density at radius 3 is 2.77 bits per heavy atom. The van der Waals surface area contributed by atoms with Crippen LogP contribution in [0, 0.1) is 0 Å². The number of fused-ring (bicyclic) bond motifs is 2. The number of benzene rings is 2. The minimum absolute atomic E-state index is 0.172. The summed E-state index contributed by atoms with van der Waals surface area (Å²) in [6.07, 6.45) is 0.505. The molecule has 2 aromatic rings. The van der Waals surface area contributed by atoms with Gasteiger partial charge in [0.1, 0.15) is 5.70 Å². The zero-order chi connectivity index (χ0) is 21.1. The SMILES string of the molecule is CCCSC1=NN2C(=c3ccccc3=N[C@H]2c2ccc(OCC)c(OC)c2)C(=O)N1. The lowest BCUT2D eigenvalue weighted by atomic mass is 10.1. The van der Waals surface area contributed by atoms with E-state index in [4.69, 9.17) is 19.6 Å². The van der Waals surface area contributed by atoms with Crippen LogP contribution in [0.1, 0.15) is 32.0 Å². The Morgan fingerprint density at radius 2 is 2.00 bits per heavy atom. The van der Waals surface area contributed by atoms with Crippen LogP contribution in [0.4, 0.5) is 0 Å². The lowest BCUT2D eigenvalue weighted by molar-refractivity contribution is -0.116. The number of nitrogens with zero attached hydrogens (tertiary/aromatic N) is 3. The second-order valence-corrected chi connectivity index (χ2v) is 7.85. The average molecular weight is 425 g/mol. The number of carbonyl (C=O) groups excluding carboxylic acids is 1. The van der Waals surface area contributed by atoms with E-state index in [0.29, 0.717) is 29.0 Å². The van der Waals surface area contributed by atoms with Gasteiger partial charge >= 0.3 is 0 Å². The number of amidine groups is 1. The second kappa shape index (κ2) is 8.79. The summed E-state index contributed by atoms with van der Waals surface area (Å²) in [4.78, 5) is 17.9. The van der Waals surface area contributed by atoms with Crippen molar-refractivity contribution >= 4 is 28.5 Å². The molecule has 0 saturated carbocycles. The van der Waals surface area contributed by atoms with Gasteiger partial charge in [0.15, 0.2) is 22.8 Å². The highest BCUT2D eigenvalue weighted by atomic mass is 32.2. The molecule has 0 aliphatic carbocycles. The molecule has 0 aromatic heterocycles. The van der Waals surface area contributed by atoms with Crippen LogP contribution in [0.15, 0.2) is 52.6 Å². The third-order valence-corrected chi connectivity index (χ3v) is 5.81. The number of carbonyl (C=O) groups is 1. The minimum Gasteiger partial charge on any atom is -0.493 e. The van der Waals surface area contributed by atoms with Crippen molar-refractivity contribution in [1.82, 2.24) is 10.3 Å². The van der Waals surface area contributed by atoms with Gasteiger partial charge in [-0.3, -0.25) is 15.1 Å². The third-order valence-electron chi connectivity index (χ3n) is 4.74. The topological polar surface area (TPSA) is 75.5 Å². The van der Waals surface area contributed by atoms with Crippen LogP contribution in [0.25, 0.3) is 5.70 Å². The Labute approximate surface area is 179 Å². The van der Waals surface area contributed by atoms with Crippen molar-refractivity contribution in [3.63, 3.8) is 0 Å². The van der Waals surface area contributed by atoms with Crippen LogP contribution >= 0.6 is 11.8 Å². The summed E-state index contributed by atoms with van der Waals surface area (Å²) in [7, 11) is 1.61. The molecule has 2 aromatic carbocycles. The quantitative estimate of drug-likeness (QED) is 0.771. The number of methoxy groups -OCH3 is 1. The zero-order valence-electron chi connectivity index (χ0n) is 17.2. The van der Waals surface area contributed by atoms with Crippen molar-refractivity contribution < 1.29 is 14.3 Å². The maximum atomic E-state index is 13.0. The first-order valence-corrected chi connectivity index (χ1v) is 10.9. The maximum Gasteiger partial charge on any atom is 0.276 e. The molecule has 0 spiro atoms. The van der Waals surface area contributed by atoms with E-state index in [1.807, 2.05) is 49.4 Å². The van der Waals surface area contributed by atoms with Gasteiger partial charge in [0, 0.05) is 16.5 Å². The van der Waals surface area contributed by atoms with E-state index in [9.17, 15) is 4.79 Å².